The molecule has 0 atom stereocenters. The largest absolute Gasteiger partial charge is 0.319 e. The van der Waals surface area contributed by atoms with Crippen molar-refractivity contribution in [2.24, 2.45) is 12.0 Å². The first kappa shape index (κ1) is 20.0. The van der Waals surface area contributed by atoms with Crippen LogP contribution in [-0.4, -0.2) is 10.5 Å². The van der Waals surface area contributed by atoms with Gasteiger partial charge in [-0.3, -0.25) is 4.79 Å². The lowest BCUT2D eigenvalue weighted by Gasteiger charge is -2.14. The molecule has 3 aromatic carbocycles. The maximum Gasteiger partial charge on any atom is 0.260 e. The average molecular weight is 413 g/mol. The molecule has 1 heterocycles. The third-order valence-corrected chi connectivity index (χ3v) is 6.46. The van der Waals surface area contributed by atoms with Gasteiger partial charge in [0.1, 0.15) is 0 Å². The molecule has 1 aromatic heterocycles. The lowest BCUT2D eigenvalue weighted by molar-refractivity contribution is -0.118. The van der Waals surface area contributed by atoms with Gasteiger partial charge in [0.25, 0.3) is 5.91 Å². The molecule has 0 bridgehead atoms. The van der Waals surface area contributed by atoms with Gasteiger partial charge in [-0.15, -0.1) is 11.3 Å². The van der Waals surface area contributed by atoms with Crippen LogP contribution in [0.25, 0.3) is 11.3 Å². The lowest BCUT2D eigenvalue weighted by atomic mass is 9.91. The number of aryl methyl sites for hydroxylation is 1. The van der Waals surface area contributed by atoms with Crippen LogP contribution in [0.1, 0.15) is 28.8 Å². The SMILES string of the molecule is CCc1sc(=NC(=O)C(c2ccccc2)c2ccccc2)n(C)c1-c1ccccc1. The van der Waals surface area contributed by atoms with Crippen molar-refractivity contribution in [3.63, 3.8) is 0 Å². The van der Waals surface area contributed by atoms with Crippen LogP contribution in [0.3, 0.4) is 0 Å². The van der Waals surface area contributed by atoms with Gasteiger partial charge in [-0.1, -0.05) is 97.9 Å². The van der Waals surface area contributed by atoms with Crippen molar-refractivity contribution in [1.29, 1.82) is 0 Å². The predicted octanol–water partition coefficient (Wildman–Crippen LogP) is 5.58. The van der Waals surface area contributed by atoms with E-state index in [1.54, 1.807) is 11.3 Å². The van der Waals surface area contributed by atoms with E-state index in [2.05, 4.69) is 24.0 Å². The van der Waals surface area contributed by atoms with Crippen LogP contribution < -0.4 is 4.80 Å². The summed E-state index contributed by atoms with van der Waals surface area (Å²) in [4.78, 5) is 20.0. The Balaban J connectivity index is 1.82. The Morgan fingerprint density at radius 1 is 0.867 bits per heavy atom. The van der Waals surface area contributed by atoms with Gasteiger partial charge in [-0.25, -0.2) is 0 Å². The van der Waals surface area contributed by atoms with E-state index in [-0.39, 0.29) is 5.91 Å². The molecule has 0 unspecified atom stereocenters. The van der Waals surface area contributed by atoms with Crippen molar-refractivity contribution < 1.29 is 4.79 Å². The van der Waals surface area contributed by atoms with Crippen LogP contribution in [0.4, 0.5) is 0 Å². The van der Waals surface area contributed by atoms with Gasteiger partial charge in [-0.05, 0) is 23.1 Å². The molecule has 0 saturated carbocycles. The smallest absolute Gasteiger partial charge is 0.260 e. The van der Waals surface area contributed by atoms with Gasteiger partial charge in [0, 0.05) is 11.9 Å². The Kier molecular flexibility index (Phi) is 6.05. The number of nitrogens with zero attached hydrogens (tertiary/aromatic N) is 2. The summed E-state index contributed by atoms with van der Waals surface area (Å²) < 4.78 is 2.05. The maximum atomic E-state index is 13.4. The van der Waals surface area contributed by atoms with Crippen LogP contribution in [0.5, 0.6) is 0 Å². The molecule has 0 aliphatic rings. The normalized spacial score (nSPS) is 11.8. The van der Waals surface area contributed by atoms with Crippen molar-refractivity contribution in [2.75, 3.05) is 0 Å². The number of benzene rings is 3. The van der Waals surface area contributed by atoms with E-state index in [1.165, 1.54) is 4.88 Å². The van der Waals surface area contributed by atoms with E-state index in [9.17, 15) is 4.79 Å². The summed E-state index contributed by atoms with van der Waals surface area (Å²) in [5.41, 5.74) is 4.18. The second-order valence-corrected chi connectivity index (χ2v) is 8.20. The molecule has 0 aliphatic heterocycles. The Morgan fingerprint density at radius 3 is 1.87 bits per heavy atom. The summed E-state index contributed by atoms with van der Waals surface area (Å²) in [7, 11) is 1.99. The van der Waals surface area contributed by atoms with E-state index in [0.29, 0.717) is 0 Å². The minimum Gasteiger partial charge on any atom is -0.319 e. The molecule has 0 spiro atoms. The molecule has 0 fully saturated rings. The monoisotopic (exact) mass is 412 g/mol. The Labute approximate surface area is 181 Å². The molecule has 4 heteroatoms. The minimum absolute atomic E-state index is 0.147. The highest BCUT2D eigenvalue weighted by atomic mass is 32.1. The molecule has 30 heavy (non-hydrogen) atoms. The molecule has 0 saturated heterocycles. The average Bonchev–Trinajstić information content (AvgIpc) is 3.11. The quantitative estimate of drug-likeness (QED) is 0.422. The highest BCUT2D eigenvalue weighted by Crippen LogP contribution is 2.28. The zero-order chi connectivity index (χ0) is 20.9. The van der Waals surface area contributed by atoms with E-state index in [1.807, 2.05) is 90.5 Å². The summed E-state index contributed by atoms with van der Waals surface area (Å²) >= 11 is 1.59. The van der Waals surface area contributed by atoms with Crippen LogP contribution >= 0.6 is 11.3 Å². The van der Waals surface area contributed by atoms with Gasteiger partial charge in [0.15, 0.2) is 4.80 Å². The third-order valence-electron chi connectivity index (χ3n) is 5.19. The molecule has 3 nitrogen and oxygen atoms in total. The number of thiazole rings is 1. The Bertz CT molecular complexity index is 1150. The van der Waals surface area contributed by atoms with Crippen molar-refractivity contribution in [3.05, 3.63) is 112 Å². The third kappa shape index (κ3) is 4.05. The number of carbonyl (C=O) groups excluding carboxylic acids is 1. The van der Waals surface area contributed by atoms with Gasteiger partial charge < -0.3 is 4.57 Å². The van der Waals surface area contributed by atoms with Crippen molar-refractivity contribution >= 4 is 17.2 Å². The first-order chi connectivity index (χ1) is 14.7. The fourth-order valence-electron chi connectivity index (χ4n) is 3.73. The number of rotatable bonds is 5. The molecule has 4 rings (SSSR count). The first-order valence-corrected chi connectivity index (χ1v) is 10.9. The van der Waals surface area contributed by atoms with E-state index in [4.69, 9.17) is 0 Å². The second-order valence-electron chi connectivity index (χ2n) is 7.14. The Hall–Kier alpha value is -3.24. The first-order valence-electron chi connectivity index (χ1n) is 10.1. The summed E-state index contributed by atoms with van der Waals surface area (Å²) in [6, 6.07) is 30.0. The number of aromatic nitrogens is 1. The fourth-order valence-corrected chi connectivity index (χ4v) is 4.81. The summed E-state index contributed by atoms with van der Waals surface area (Å²) in [5, 5.41) is 0. The second kappa shape index (κ2) is 9.06. The topological polar surface area (TPSA) is 34.4 Å². The predicted molar refractivity (Wildman–Crippen MR) is 123 cm³/mol. The zero-order valence-corrected chi connectivity index (χ0v) is 18.0. The van der Waals surface area contributed by atoms with E-state index in [0.717, 1.165) is 33.6 Å². The van der Waals surface area contributed by atoms with E-state index < -0.39 is 5.92 Å². The van der Waals surface area contributed by atoms with Gasteiger partial charge in [0.2, 0.25) is 0 Å². The molecular weight excluding hydrogens is 388 g/mol. The molecule has 4 aromatic rings. The van der Waals surface area contributed by atoms with Crippen LogP contribution in [0.2, 0.25) is 0 Å². The van der Waals surface area contributed by atoms with Crippen molar-refractivity contribution in [2.45, 2.75) is 19.3 Å². The van der Waals surface area contributed by atoms with Gasteiger partial charge in [-0.2, -0.15) is 4.99 Å². The Morgan fingerprint density at radius 2 is 1.37 bits per heavy atom. The number of amides is 1. The maximum absolute atomic E-state index is 13.4. The fraction of sp³-hybridized carbons (Fsp3) is 0.154. The summed E-state index contributed by atoms with van der Waals surface area (Å²) in [6.07, 6.45) is 0.896. The van der Waals surface area contributed by atoms with Gasteiger partial charge in [0.05, 0.1) is 11.6 Å². The zero-order valence-electron chi connectivity index (χ0n) is 17.2. The van der Waals surface area contributed by atoms with Crippen LogP contribution in [0, 0.1) is 0 Å². The summed E-state index contributed by atoms with van der Waals surface area (Å²) in [6.45, 7) is 2.14. The lowest BCUT2D eigenvalue weighted by Crippen LogP contribution is -2.19. The molecule has 0 N–H and O–H groups in total. The molecule has 0 aliphatic carbocycles. The number of carbonyl (C=O) groups is 1. The highest BCUT2D eigenvalue weighted by molar-refractivity contribution is 7.09. The standard InChI is InChI=1S/C26H24N2OS/c1-3-22-24(21-17-11-6-12-18-21)28(2)26(30-22)27-25(29)23(19-13-7-4-8-14-19)20-15-9-5-10-16-20/h4-18,23H,3H2,1-2H3. The van der Waals surface area contributed by atoms with Crippen molar-refractivity contribution in [1.82, 2.24) is 4.57 Å². The molecule has 150 valence electrons. The highest BCUT2D eigenvalue weighted by Gasteiger charge is 2.23. The van der Waals surface area contributed by atoms with Crippen molar-refractivity contribution in [3.8, 4) is 11.3 Å². The molecular formula is C26H24N2OS. The summed E-state index contributed by atoms with van der Waals surface area (Å²) in [5.74, 6) is -0.564. The number of hydrogen-bond acceptors (Lipinski definition) is 2. The van der Waals surface area contributed by atoms with Crippen LogP contribution in [0.15, 0.2) is 96.0 Å². The molecule has 0 radical (unpaired) electrons. The minimum atomic E-state index is -0.417. The number of hydrogen-bond donors (Lipinski definition) is 0. The van der Waals surface area contributed by atoms with Gasteiger partial charge >= 0.3 is 0 Å². The van der Waals surface area contributed by atoms with Crippen LogP contribution in [-0.2, 0) is 18.3 Å². The molecule has 1 amide bonds. The van der Waals surface area contributed by atoms with E-state index >= 15 is 0 Å².